The predicted octanol–water partition coefficient (Wildman–Crippen LogP) is 0.911. The molecule has 1 aromatic carbocycles. The molecule has 0 aliphatic rings. The van der Waals surface area contributed by atoms with Gasteiger partial charge >= 0.3 is 0 Å². The highest BCUT2D eigenvalue weighted by molar-refractivity contribution is 7.72. The van der Waals surface area contributed by atoms with Gasteiger partial charge in [-0.15, -0.1) is 0 Å². The molecule has 0 aliphatic carbocycles. The van der Waals surface area contributed by atoms with E-state index in [1.165, 1.54) is 18.3 Å². The number of nitrogens with zero attached hydrogens (tertiary/aromatic N) is 1. The monoisotopic (exact) mass is 209 g/mol. The number of rotatable bonds is 1. The molecule has 4 nitrogen and oxygen atoms in total. The lowest BCUT2D eigenvalue weighted by Crippen LogP contribution is -1.86. The van der Waals surface area contributed by atoms with Crippen LogP contribution < -0.4 is 0 Å². The van der Waals surface area contributed by atoms with E-state index in [0.29, 0.717) is 10.9 Å². The summed E-state index contributed by atoms with van der Waals surface area (Å²) in [5.74, 6) is -0.0128. The number of phenols is 1. The molecule has 0 amide bonds. The molecule has 72 valence electrons. The van der Waals surface area contributed by atoms with E-state index in [-0.39, 0.29) is 10.6 Å². The lowest BCUT2D eigenvalue weighted by molar-refractivity contribution is 0.480. The van der Waals surface area contributed by atoms with Crippen LogP contribution in [-0.2, 0) is 10.7 Å². The minimum Gasteiger partial charge on any atom is -0.506 e. The van der Waals surface area contributed by atoms with Crippen LogP contribution in [0, 0.1) is 0 Å². The third kappa shape index (κ3) is 1.31. The molecule has 0 radical (unpaired) electrons. The van der Waals surface area contributed by atoms with Crippen LogP contribution in [0.4, 0.5) is 0 Å². The lowest BCUT2D eigenvalue weighted by atomic mass is 10.2. The number of pyridine rings is 1. The van der Waals surface area contributed by atoms with Gasteiger partial charge < -0.3 is 5.11 Å². The molecule has 0 unspecified atom stereocenters. The van der Waals surface area contributed by atoms with E-state index in [2.05, 4.69) is 4.98 Å². The van der Waals surface area contributed by atoms with Crippen molar-refractivity contribution >= 4 is 21.6 Å². The minimum atomic E-state index is -2.66. The standard InChI is InChI=1S/C9H7NO3S/c11-7-3-1-2-6-8(14(12)13)4-5-10-9(6)7/h1-5,11,14H. The van der Waals surface area contributed by atoms with E-state index in [1.54, 1.807) is 12.1 Å². The van der Waals surface area contributed by atoms with Crippen LogP contribution in [0.3, 0.4) is 0 Å². The summed E-state index contributed by atoms with van der Waals surface area (Å²) in [4.78, 5) is 4.09. The molecule has 0 bridgehead atoms. The molecule has 2 aromatic rings. The summed E-state index contributed by atoms with van der Waals surface area (Å²) >= 11 is 0. The molecular formula is C9H7NO3S. The van der Waals surface area contributed by atoms with Crippen LogP contribution in [0.1, 0.15) is 0 Å². The fourth-order valence-corrected chi connectivity index (χ4v) is 1.87. The second-order valence-corrected chi connectivity index (χ2v) is 3.76. The van der Waals surface area contributed by atoms with Gasteiger partial charge in [-0.05, 0) is 12.1 Å². The third-order valence-electron chi connectivity index (χ3n) is 1.92. The summed E-state index contributed by atoms with van der Waals surface area (Å²) in [7, 11) is -2.66. The Morgan fingerprint density at radius 2 is 2.00 bits per heavy atom. The number of hydrogen-bond acceptors (Lipinski definition) is 4. The van der Waals surface area contributed by atoms with Crippen molar-refractivity contribution in [3.8, 4) is 5.75 Å². The fraction of sp³-hybridized carbons (Fsp3) is 0. The Bertz CT molecular complexity index is 555. The molecule has 1 N–H and O–H groups in total. The Morgan fingerprint density at radius 3 is 2.71 bits per heavy atom. The summed E-state index contributed by atoms with van der Waals surface area (Å²) in [5.41, 5.74) is 0.309. The molecule has 14 heavy (non-hydrogen) atoms. The van der Waals surface area contributed by atoms with Crippen molar-refractivity contribution < 1.29 is 13.5 Å². The Morgan fingerprint density at radius 1 is 1.21 bits per heavy atom. The van der Waals surface area contributed by atoms with Gasteiger partial charge in [0.15, 0.2) is 10.7 Å². The molecule has 1 heterocycles. The van der Waals surface area contributed by atoms with Gasteiger partial charge in [0.2, 0.25) is 0 Å². The van der Waals surface area contributed by atoms with E-state index in [1.807, 2.05) is 0 Å². The van der Waals surface area contributed by atoms with Crippen molar-refractivity contribution in [2.45, 2.75) is 4.90 Å². The van der Waals surface area contributed by atoms with E-state index in [0.717, 1.165) is 0 Å². The summed E-state index contributed by atoms with van der Waals surface area (Å²) in [5, 5.41) is 9.87. The highest BCUT2D eigenvalue weighted by atomic mass is 32.2. The molecule has 1 aromatic heterocycles. The maximum atomic E-state index is 10.9. The summed E-state index contributed by atoms with van der Waals surface area (Å²) < 4.78 is 21.7. The van der Waals surface area contributed by atoms with Crippen molar-refractivity contribution in [3.63, 3.8) is 0 Å². The number of benzene rings is 1. The van der Waals surface area contributed by atoms with Gasteiger partial charge in [0.1, 0.15) is 11.3 Å². The zero-order valence-electron chi connectivity index (χ0n) is 7.04. The quantitative estimate of drug-likeness (QED) is 0.685. The maximum Gasteiger partial charge on any atom is 0.169 e. The van der Waals surface area contributed by atoms with Crippen LogP contribution in [-0.4, -0.2) is 18.5 Å². The maximum absolute atomic E-state index is 10.9. The van der Waals surface area contributed by atoms with E-state index in [4.69, 9.17) is 0 Å². The molecule has 0 fully saturated rings. The molecule has 0 atom stereocenters. The van der Waals surface area contributed by atoms with Crippen LogP contribution in [0.25, 0.3) is 10.9 Å². The first-order chi connectivity index (χ1) is 6.70. The Balaban J connectivity index is 2.95. The van der Waals surface area contributed by atoms with E-state index < -0.39 is 10.7 Å². The van der Waals surface area contributed by atoms with Crippen molar-refractivity contribution in [3.05, 3.63) is 30.5 Å². The number of aromatic nitrogens is 1. The zero-order chi connectivity index (χ0) is 10.1. The zero-order valence-corrected chi connectivity index (χ0v) is 7.94. The Kier molecular flexibility index (Phi) is 2.09. The van der Waals surface area contributed by atoms with Crippen molar-refractivity contribution in [2.24, 2.45) is 0 Å². The number of hydrogen-bond donors (Lipinski definition) is 2. The first-order valence-electron chi connectivity index (χ1n) is 3.91. The summed E-state index contributed by atoms with van der Waals surface area (Å²) in [6.07, 6.45) is 1.36. The SMILES string of the molecule is O=[SH](=O)c1ccnc2c(O)cccc12. The van der Waals surface area contributed by atoms with Gasteiger partial charge in [-0.3, -0.25) is 4.98 Å². The van der Waals surface area contributed by atoms with Gasteiger partial charge in [0, 0.05) is 11.6 Å². The van der Waals surface area contributed by atoms with E-state index >= 15 is 0 Å². The van der Waals surface area contributed by atoms with Crippen LogP contribution >= 0.6 is 0 Å². The van der Waals surface area contributed by atoms with Crippen LogP contribution in [0.5, 0.6) is 5.75 Å². The molecule has 0 saturated carbocycles. The van der Waals surface area contributed by atoms with Gasteiger partial charge in [-0.25, -0.2) is 8.42 Å². The first-order valence-corrected chi connectivity index (χ1v) is 5.09. The van der Waals surface area contributed by atoms with Crippen molar-refractivity contribution in [1.29, 1.82) is 0 Å². The number of fused-ring (bicyclic) bond motifs is 1. The Labute approximate surface area is 81.8 Å². The second kappa shape index (κ2) is 3.26. The molecule has 0 saturated heterocycles. The van der Waals surface area contributed by atoms with Gasteiger partial charge in [0.05, 0.1) is 4.90 Å². The highest BCUT2D eigenvalue weighted by Gasteiger charge is 2.06. The molecule has 0 spiro atoms. The van der Waals surface area contributed by atoms with E-state index in [9.17, 15) is 13.5 Å². The molecular weight excluding hydrogens is 202 g/mol. The fourth-order valence-electron chi connectivity index (χ4n) is 1.31. The van der Waals surface area contributed by atoms with Gasteiger partial charge in [0.25, 0.3) is 0 Å². The van der Waals surface area contributed by atoms with Crippen molar-refractivity contribution in [1.82, 2.24) is 4.98 Å². The first kappa shape index (κ1) is 8.96. The highest BCUT2D eigenvalue weighted by Crippen LogP contribution is 2.24. The predicted molar refractivity (Wildman–Crippen MR) is 52.0 cm³/mol. The third-order valence-corrected chi connectivity index (χ3v) is 2.71. The molecule has 0 aliphatic heterocycles. The molecule has 5 heteroatoms. The number of thiol groups is 1. The largest absolute Gasteiger partial charge is 0.506 e. The minimum absolute atomic E-state index is 0.0128. The molecule has 2 rings (SSSR count). The van der Waals surface area contributed by atoms with Crippen LogP contribution in [0.15, 0.2) is 35.4 Å². The summed E-state index contributed by atoms with van der Waals surface area (Å²) in [6.45, 7) is 0. The average Bonchev–Trinajstić information content (AvgIpc) is 2.17. The number of para-hydroxylation sites is 1. The second-order valence-electron chi connectivity index (χ2n) is 2.76. The van der Waals surface area contributed by atoms with Gasteiger partial charge in [-0.1, -0.05) is 12.1 Å². The topological polar surface area (TPSA) is 67.3 Å². The number of phenolic OH excluding ortho intramolecular Hbond substituents is 1. The lowest BCUT2D eigenvalue weighted by Gasteiger charge is -2.00. The Hall–Kier alpha value is -1.62. The number of aromatic hydroxyl groups is 1. The van der Waals surface area contributed by atoms with Crippen molar-refractivity contribution in [2.75, 3.05) is 0 Å². The normalized spacial score (nSPS) is 10.9. The smallest absolute Gasteiger partial charge is 0.169 e. The average molecular weight is 209 g/mol. The van der Waals surface area contributed by atoms with Gasteiger partial charge in [-0.2, -0.15) is 0 Å². The summed E-state index contributed by atoms with van der Waals surface area (Å²) in [6, 6.07) is 6.08. The van der Waals surface area contributed by atoms with Crippen LogP contribution in [0.2, 0.25) is 0 Å².